The number of urea groups is 1. The van der Waals surface area contributed by atoms with Crippen LogP contribution in [-0.2, 0) is 4.79 Å². The van der Waals surface area contributed by atoms with E-state index in [4.69, 9.17) is 5.11 Å². The summed E-state index contributed by atoms with van der Waals surface area (Å²) in [6, 6.07) is -1.17. The fraction of sp³-hybridized carbons (Fsp3) is 0.750. The summed E-state index contributed by atoms with van der Waals surface area (Å²) in [4.78, 5) is 23.2. The van der Waals surface area contributed by atoms with Crippen LogP contribution in [0.1, 0.15) is 20.8 Å². The van der Waals surface area contributed by atoms with Gasteiger partial charge in [0.25, 0.3) is 0 Å². The zero-order valence-electron chi connectivity index (χ0n) is 8.20. The summed E-state index contributed by atoms with van der Waals surface area (Å²) < 4.78 is 0. The Balaban J connectivity index is 4.05. The summed E-state index contributed by atoms with van der Waals surface area (Å²) in [7, 11) is 0. The van der Waals surface area contributed by atoms with Gasteiger partial charge in [0.2, 0.25) is 0 Å². The normalized spacial score (nSPS) is 11.9. The van der Waals surface area contributed by atoms with Gasteiger partial charge in [-0.1, -0.05) is 0 Å². The molecule has 0 aliphatic rings. The van der Waals surface area contributed by atoms with Crippen molar-refractivity contribution >= 4 is 12.0 Å². The first-order valence-electron chi connectivity index (χ1n) is 4.31. The maximum absolute atomic E-state index is 11.3. The first kappa shape index (κ1) is 11.7. The topological polar surface area (TPSA) is 69.6 Å². The first-order chi connectivity index (χ1) is 6.02. The van der Waals surface area contributed by atoms with E-state index < -0.39 is 12.0 Å². The molecule has 0 rings (SSSR count). The van der Waals surface area contributed by atoms with E-state index in [1.807, 2.05) is 13.8 Å². The second-order valence-electron chi connectivity index (χ2n) is 2.68. The molecule has 0 saturated heterocycles. The molecule has 0 saturated carbocycles. The van der Waals surface area contributed by atoms with Crippen molar-refractivity contribution < 1.29 is 14.7 Å². The predicted octanol–water partition coefficient (Wildman–Crippen LogP) is 0.511. The molecule has 0 bridgehead atoms. The largest absolute Gasteiger partial charge is 0.480 e. The lowest BCUT2D eigenvalue weighted by Gasteiger charge is -2.20. The summed E-state index contributed by atoms with van der Waals surface area (Å²) in [5.74, 6) is -1.03. The number of hydrogen-bond acceptors (Lipinski definition) is 2. The van der Waals surface area contributed by atoms with Crippen LogP contribution >= 0.6 is 0 Å². The van der Waals surface area contributed by atoms with Gasteiger partial charge in [-0.05, 0) is 20.8 Å². The van der Waals surface area contributed by atoms with Crippen molar-refractivity contribution in [3.63, 3.8) is 0 Å². The van der Waals surface area contributed by atoms with E-state index in [1.54, 1.807) is 0 Å². The van der Waals surface area contributed by atoms with E-state index in [0.29, 0.717) is 13.1 Å². The zero-order valence-corrected chi connectivity index (χ0v) is 8.20. The number of carbonyl (C=O) groups excluding carboxylic acids is 1. The zero-order chi connectivity index (χ0) is 10.4. The average Bonchev–Trinajstić information content (AvgIpc) is 2.06. The first-order valence-corrected chi connectivity index (χ1v) is 4.31. The van der Waals surface area contributed by atoms with Crippen LogP contribution in [0.15, 0.2) is 0 Å². The highest BCUT2D eigenvalue weighted by atomic mass is 16.4. The van der Waals surface area contributed by atoms with Gasteiger partial charge in [-0.25, -0.2) is 4.79 Å². The van der Waals surface area contributed by atoms with Crippen LogP contribution in [-0.4, -0.2) is 41.1 Å². The van der Waals surface area contributed by atoms with Crippen LogP contribution in [0.3, 0.4) is 0 Å². The van der Waals surface area contributed by atoms with E-state index in [-0.39, 0.29) is 6.03 Å². The minimum absolute atomic E-state index is 0.333. The maximum Gasteiger partial charge on any atom is 0.325 e. The van der Waals surface area contributed by atoms with Crippen molar-refractivity contribution in [3.05, 3.63) is 0 Å². The molecule has 5 heteroatoms. The molecule has 0 unspecified atom stereocenters. The number of nitrogens with zero attached hydrogens (tertiary/aromatic N) is 1. The highest BCUT2D eigenvalue weighted by molar-refractivity contribution is 5.82. The van der Waals surface area contributed by atoms with Crippen LogP contribution in [0, 0.1) is 0 Å². The minimum atomic E-state index is -1.03. The second kappa shape index (κ2) is 5.40. The summed E-state index contributed by atoms with van der Waals surface area (Å²) in [5.41, 5.74) is 0. The van der Waals surface area contributed by atoms with Crippen LogP contribution in [0.4, 0.5) is 4.79 Å². The lowest BCUT2D eigenvalue weighted by molar-refractivity contribution is -0.138. The third-order valence-corrected chi connectivity index (χ3v) is 1.76. The number of hydrogen-bond donors (Lipinski definition) is 2. The number of rotatable bonds is 4. The Labute approximate surface area is 77.7 Å². The molecule has 0 aromatic heterocycles. The van der Waals surface area contributed by atoms with E-state index in [9.17, 15) is 9.59 Å². The number of carboxylic acids is 1. The van der Waals surface area contributed by atoms with Gasteiger partial charge in [-0.2, -0.15) is 0 Å². The third-order valence-electron chi connectivity index (χ3n) is 1.76. The summed E-state index contributed by atoms with van der Waals surface area (Å²) in [6.45, 7) is 6.27. The second-order valence-corrected chi connectivity index (χ2v) is 2.68. The van der Waals surface area contributed by atoms with Crippen LogP contribution < -0.4 is 5.32 Å². The van der Waals surface area contributed by atoms with Crippen LogP contribution in [0.2, 0.25) is 0 Å². The smallest absolute Gasteiger partial charge is 0.325 e. The van der Waals surface area contributed by atoms with E-state index >= 15 is 0 Å². The number of aliphatic carboxylic acids is 1. The summed E-state index contributed by atoms with van der Waals surface area (Å²) in [5, 5.41) is 10.9. The van der Waals surface area contributed by atoms with Crippen LogP contribution in [0.5, 0.6) is 0 Å². The highest BCUT2D eigenvalue weighted by Gasteiger charge is 2.16. The lowest BCUT2D eigenvalue weighted by atomic mass is 10.3. The lowest BCUT2D eigenvalue weighted by Crippen LogP contribution is -2.46. The van der Waals surface area contributed by atoms with Gasteiger partial charge in [0.15, 0.2) is 0 Å². The Morgan fingerprint density at radius 3 is 2.15 bits per heavy atom. The van der Waals surface area contributed by atoms with Crippen molar-refractivity contribution in [3.8, 4) is 0 Å². The Morgan fingerprint density at radius 1 is 1.38 bits per heavy atom. The van der Waals surface area contributed by atoms with Crippen molar-refractivity contribution in [1.29, 1.82) is 0 Å². The van der Waals surface area contributed by atoms with Crippen molar-refractivity contribution in [1.82, 2.24) is 10.2 Å². The Bertz CT molecular complexity index is 190. The summed E-state index contributed by atoms with van der Waals surface area (Å²) in [6.07, 6.45) is 0. The number of amides is 2. The van der Waals surface area contributed by atoms with E-state index in [0.717, 1.165) is 0 Å². The van der Waals surface area contributed by atoms with Gasteiger partial charge in [0.05, 0.1) is 0 Å². The Hall–Kier alpha value is -1.26. The van der Waals surface area contributed by atoms with Gasteiger partial charge >= 0.3 is 12.0 Å². The molecule has 5 nitrogen and oxygen atoms in total. The molecule has 2 amide bonds. The molecule has 0 aromatic rings. The van der Waals surface area contributed by atoms with Gasteiger partial charge in [-0.15, -0.1) is 0 Å². The van der Waals surface area contributed by atoms with Crippen molar-refractivity contribution in [2.75, 3.05) is 13.1 Å². The van der Waals surface area contributed by atoms with Crippen LogP contribution in [0.25, 0.3) is 0 Å². The SMILES string of the molecule is CCN(CC)C(=O)N[C@H](C)C(=O)O. The molecule has 0 spiro atoms. The number of carbonyl (C=O) groups is 2. The van der Waals surface area contributed by atoms with Gasteiger partial charge in [-0.3, -0.25) is 4.79 Å². The molecule has 0 aliphatic heterocycles. The molecule has 0 heterocycles. The fourth-order valence-electron chi connectivity index (χ4n) is 0.849. The molecule has 0 aliphatic carbocycles. The standard InChI is InChI=1S/C8H16N2O3/c1-4-10(5-2)8(13)9-6(3)7(11)12/h6H,4-5H2,1-3H3,(H,9,13)(H,11,12)/t6-/m1/s1. The fourth-order valence-corrected chi connectivity index (χ4v) is 0.849. The van der Waals surface area contributed by atoms with Crippen molar-refractivity contribution in [2.45, 2.75) is 26.8 Å². The average molecular weight is 188 g/mol. The quantitative estimate of drug-likeness (QED) is 0.675. The van der Waals surface area contributed by atoms with Gasteiger partial charge in [0, 0.05) is 13.1 Å². The van der Waals surface area contributed by atoms with Gasteiger partial charge in [0.1, 0.15) is 6.04 Å². The molecule has 1 atom stereocenters. The molecule has 0 aromatic carbocycles. The van der Waals surface area contributed by atoms with E-state index in [2.05, 4.69) is 5.32 Å². The molecular formula is C8H16N2O3. The summed E-state index contributed by atoms with van der Waals surface area (Å²) >= 11 is 0. The third kappa shape index (κ3) is 3.78. The van der Waals surface area contributed by atoms with Gasteiger partial charge < -0.3 is 15.3 Å². The predicted molar refractivity (Wildman–Crippen MR) is 48.6 cm³/mol. The highest BCUT2D eigenvalue weighted by Crippen LogP contribution is 1.90. The Kier molecular flexibility index (Phi) is 4.87. The molecule has 0 fully saturated rings. The monoisotopic (exact) mass is 188 g/mol. The number of carboxylic acid groups (broad SMARTS) is 1. The van der Waals surface area contributed by atoms with E-state index in [1.165, 1.54) is 11.8 Å². The molecule has 0 radical (unpaired) electrons. The molecular weight excluding hydrogens is 172 g/mol. The molecule has 76 valence electrons. The Morgan fingerprint density at radius 2 is 1.85 bits per heavy atom. The van der Waals surface area contributed by atoms with Crippen molar-refractivity contribution in [2.24, 2.45) is 0 Å². The molecule has 13 heavy (non-hydrogen) atoms. The maximum atomic E-state index is 11.3. The molecule has 2 N–H and O–H groups in total. The minimum Gasteiger partial charge on any atom is -0.480 e. The number of nitrogens with one attached hydrogen (secondary N) is 1.